The van der Waals surface area contributed by atoms with E-state index < -0.39 is 64.5 Å². The molecule has 2 heterocycles. The first-order valence-electron chi connectivity index (χ1n) is 14.9. The highest BCUT2D eigenvalue weighted by Crippen LogP contribution is 2.64. The lowest BCUT2D eigenvalue weighted by Crippen LogP contribution is -2.73. The molecule has 7 atom stereocenters. The minimum atomic E-state index is -1.72. The van der Waals surface area contributed by atoms with E-state index in [4.69, 9.17) is 18.9 Å². The molecule has 234 valence electrons. The molecule has 4 rings (SSSR count). The Balaban J connectivity index is 1.83. The van der Waals surface area contributed by atoms with Gasteiger partial charge in [0.25, 0.3) is 0 Å². The van der Waals surface area contributed by atoms with E-state index >= 15 is 0 Å². The van der Waals surface area contributed by atoms with Crippen molar-refractivity contribution in [3.63, 3.8) is 0 Å². The number of cyclic esters (lactones) is 1. The van der Waals surface area contributed by atoms with E-state index in [0.29, 0.717) is 19.3 Å². The van der Waals surface area contributed by atoms with Crippen molar-refractivity contribution in [3.8, 4) is 0 Å². The summed E-state index contributed by atoms with van der Waals surface area (Å²) in [5.41, 5.74) is -1.44. The third-order valence-electron chi connectivity index (χ3n) is 10.0. The molecule has 2 aliphatic carbocycles. The van der Waals surface area contributed by atoms with Crippen molar-refractivity contribution in [1.82, 2.24) is 4.98 Å². The first-order chi connectivity index (χ1) is 20.1. The molecule has 43 heavy (non-hydrogen) atoms. The number of hydrogen-bond donors (Lipinski definition) is 1. The number of esters is 4. The molecule has 10 nitrogen and oxygen atoms in total. The number of carbonyl (C=O) groups excluding carboxylic acids is 4. The first kappa shape index (κ1) is 32.4. The lowest BCUT2D eigenvalue weighted by atomic mass is 9.43. The molecule has 0 radical (unpaired) electrons. The number of hydrogen-bond acceptors (Lipinski definition) is 10. The van der Waals surface area contributed by atoms with Crippen LogP contribution in [0.25, 0.3) is 0 Å². The van der Waals surface area contributed by atoms with Crippen molar-refractivity contribution < 1.29 is 43.2 Å². The molecule has 1 aromatic heterocycles. The molecule has 1 fully saturated rings. The monoisotopic (exact) mass is 597 g/mol. The standard InChI is InChI=1S/C33H43NO9/c1-19(2)26(41-21(4)35)30(38)43-28-27(42-29(37)23-11-9-15-34-17-23)32(6)20(3)10-8-12-24(32)31(5,33(28,7)39)14-13-22-16-25(36)40-18-22/h9-11,15-17,19,24,26-28,39H,8,12-14,18H2,1-7H3. The molecule has 1 N–H and O–H groups in total. The van der Waals surface area contributed by atoms with Crippen LogP contribution in [0.1, 0.15) is 84.5 Å². The van der Waals surface area contributed by atoms with Gasteiger partial charge in [0.05, 0.1) is 5.56 Å². The Morgan fingerprint density at radius 3 is 2.47 bits per heavy atom. The maximum Gasteiger partial charge on any atom is 0.348 e. The molecule has 1 aromatic rings. The molecule has 0 saturated heterocycles. The number of pyridine rings is 1. The van der Waals surface area contributed by atoms with Gasteiger partial charge in [-0.2, -0.15) is 0 Å². The van der Waals surface area contributed by atoms with Gasteiger partial charge in [0.2, 0.25) is 6.10 Å². The summed E-state index contributed by atoms with van der Waals surface area (Å²) < 4.78 is 22.8. The second kappa shape index (κ2) is 12.2. The van der Waals surface area contributed by atoms with Gasteiger partial charge in [0.15, 0.2) is 12.2 Å². The molecule has 0 amide bonds. The zero-order valence-corrected chi connectivity index (χ0v) is 26.0. The van der Waals surface area contributed by atoms with Crippen molar-refractivity contribution in [3.05, 3.63) is 53.4 Å². The van der Waals surface area contributed by atoms with Gasteiger partial charge in [-0.15, -0.1) is 0 Å². The summed E-state index contributed by atoms with van der Waals surface area (Å²) in [5.74, 6) is -3.15. The summed E-state index contributed by atoms with van der Waals surface area (Å²) in [6.45, 7) is 12.4. The van der Waals surface area contributed by atoms with Crippen LogP contribution < -0.4 is 0 Å². The third kappa shape index (κ3) is 5.98. The molecular weight excluding hydrogens is 554 g/mol. The van der Waals surface area contributed by atoms with Gasteiger partial charge < -0.3 is 24.1 Å². The van der Waals surface area contributed by atoms with Crippen LogP contribution in [-0.4, -0.2) is 64.5 Å². The number of aliphatic hydroxyl groups is 1. The Bertz CT molecular complexity index is 1320. The van der Waals surface area contributed by atoms with E-state index in [1.54, 1.807) is 39.1 Å². The molecule has 0 spiro atoms. The number of nitrogens with zero attached hydrogens (tertiary/aromatic N) is 1. The third-order valence-corrected chi connectivity index (χ3v) is 10.0. The molecule has 10 heteroatoms. The molecule has 0 aromatic carbocycles. The minimum Gasteiger partial charge on any atom is -0.458 e. The number of aromatic nitrogens is 1. The van der Waals surface area contributed by atoms with Crippen LogP contribution >= 0.6 is 0 Å². The zero-order valence-electron chi connectivity index (χ0n) is 26.0. The van der Waals surface area contributed by atoms with Crippen LogP contribution in [0.15, 0.2) is 47.8 Å². The highest BCUT2D eigenvalue weighted by molar-refractivity contribution is 5.89. The molecule has 7 unspecified atom stereocenters. The maximum atomic E-state index is 13.7. The number of carbonyl (C=O) groups is 4. The average Bonchev–Trinajstić information content (AvgIpc) is 3.37. The van der Waals surface area contributed by atoms with Crippen LogP contribution in [0.4, 0.5) is 0 Å². The molecule has 3 aliphatic rings. The van der Waals surface area contributed by atoms with Crippen LogP contribution in [0, 0.1) is 22.7 Å². The maximum absolute atomic E-state index is 13.7. The molecule has 0 bridgehead atoms. The van der Waals surface area contributed by atoms with Gasteiger partial charge in [-0.3, -0.25) is 9.78 Å². The summed E-state index contributed by atoms with van der Waals surface area (Å²) in [6, 6.07) is 3.20. The lowest BCUT2D eigenvalue weighted by molar-refractivity contribution is -0.277. The topological polar surface area (TPSA) is 138 Å². The summed E-state index contributed by atoms with van der Waals surface area (Å²) >= 11 is 0. The number of ether oxygens (including phenoxy) is 4. The summed E-state index contributed by atoms with van der Waals surface area (Å²) in [7, 11) is 0. The Morgan fingerprint density at radius 2 is 1.88 bits per heavy atom. The van der Waals surface area contributed by atoms with Crippen LogP contribution in [0.2, 0.25) is 0 Å². The smallest absolute Gasteiger partial charge is 0.348 e. The summed E-state index contributed by atoms with van der Waals surface area (Å²) in [5, 5.41) is 12.6. The van der Waals surface area contributed by atoms with Gasteiger partial charge in [-0.25, -0.2) is 14.4 Å². The fourth-order valence-electron chi connectivity index (χ4n) is 7.21. The fourth-order valence-corrected chi connectivity index (χ4v) is 7.21. The number of rotatable bonds is 9. The predicted molar refractivity (Wildman–Crippen MR) is 155 cm³/mol. The number of fused-ring (bicyclic) bond motifs is 1. The minimum absolute atomic E-state index is 0.195. The largest absolute Gasteiger partial charge is 0.458 e. The Hall–Kier alpha value is -3.53. The Labute approximate surface area is 252 Å². The number of allylic oxidation sites excluding steroid dienone is 1. The highest BCUT2D eigenvalue weighted by atomic mass is 16.6. The zero-order chi connectivity index (χ0) is 31.7. The van der Waals surface area contributed by atoms with Crippen molar-refractivity contribution in [1.29, 1.82) is 0 Å². The lowest BCUT2D eigenvalue weighted by Gasteiger charge is -2.65. The van der Waals surface area contributed by atoms with Gasteiger partial charge in [0.1, 0.15) is 12.2 Å². The van der Waals surface area contributed by atoms with Crippen molar-refractivity contribution in [2.24, 2.45) is 22.7 Å². The summed E-state index contributed by atoms with van der Waals surface area (Å²) in [6.07, 6.45) is 5.26. The predicted octanol–water partition coefficient (Wildman–Crippen LogP) is 4.50. The fraction of sp³-hybridized carbons (Fsp3) is 0.606. The second-order valence-corrected chi connectivity index (χ2v) is 13.0. The van der Waals surface area contributed by atoms with Crippen molar-refractivity contribution in [2.45, 2.75) is 98.1 Å². The van der Waals surface area contributed by atoms with E-state index in [2.05, 4.69) is 11.1 Å². The molecule has 1 aliphatic heterocycles. The Kier molecular flexibility index (Phi) is 9.21. The van der Waals surface area contributed by atoms with E-state index in [9.17, 15) is 24.3 Å². The quantitative estimate of drug-likeness (QED) is 0.246. The van der Waals surface area contributed by atoms with Crippen molar-refractivity contribution >= 4 is 23.9 Å². The van der Waals surface area contributed by atoms with Crippen LogP contribution in [-0.2, 0) is 33.3 Å². The first-order valence-corrected chi connectivity index (χ1v) is 14.9. The van der Waals surface area contributed by atoms with Gasteiger partial charge in [-0.05, 0) is 63.2 Å². The highest BCUT2D eigenvalue weighted by Gasteiger charge is 2.70. The second-order valence-electron chi connectivity index (χ2n) is 13.0. The van der Waals surface area contributed by atoms with Crippen LogP contribution in [0.3, 0.4) is 0 Å². The van der Waals surface area contributed by atoms with Gasteiger partial charge >= 0.3 is 23.9 Å². The Morgan fingerprint density at radius 1 is 1.16 bits per heavy atom. The van der Waals surface area contributed by atoms with E-state index in [-0.39, 0.29) is 18.1 Å². The van der Waals surface area contributed by atoms with Crippen molar-refractivity contribution in [2.75, 3.05) is 6.61 Å². The van der Waals surface area contributed by atoms with Crippen LogP contribution in [0.5, 0.6) is 0 Å². The average molecular weight is 598 g/mol. The summed E-state index contributed by atoms with van der Waals surface area (Å²) in [4.78, 5) is 54.9. The van der Waals surface area contributed by atoms with Gasteiger partial charge in [-0.1, -0.05) is 39.3 Å². The normalized spacial score (nSPS) is 32.6. The van der Waals surface area contributed by atoms with E-state index in [0.717, 1.165) is 17.6 Å². The van der Waals surface area contributed by atoms with E-state index in [1.807, 2.05) is 20.8 Å². The van der Waals surface area contributed by atoms with Gasteiger partial charge in [0, 0.05) is 42.1 Å². The SMILES string of the molecule is CC(=O)OC(C(=O)OC1C(OC(=O)c2cccnc2)C2(C)C(C)=CCCC2C(C)(CCC2=CC(=O)OC2)C1(C)O)C(C)C. The molecular formula is C33H43NO9. The molecule has 1 saturated carbocycles. The van der Waals surface area contributed by atoms with E-state index in [1.165, 1.54) is 19.2 Å².